The largest absolute Gasteiger partial charge is 0.331 e. The second kappa shape index (κ2) is 15.7. The number of hydrogen-bond acceptors (Lipinski definition) is 3. The van der Waals surface area contributed by atoms with Crippen molar-refractivity contribution < 1.29 is 23.0 Å². The van der Waals surface area contributed by atoms with Crippen molar-refractivity contribution in [1.29, 1.82) is 0 Å². The van der Waals surface area contributed by atoms with E-state index in [4.69, 9.17) is 14.2 Å². The second-order valence-corrected chi connectivity index (χ2v) is 8.20. The maximum atomic E-state index is 13.3. The first-order valence-electron chi connectivity index (χ1n) is 11.6. The highest BCUT2D eigenvalue weighted by atomic mass is 19.1. The number of aryl methyl sites for hydroxylation is 1. The van der Waals surface area contributed by atoms with Gasteiger partial charge in [0.25, 0.3) is 5.97 Å². The molecule has 0 bridgehead atoms. The van der Waals surface area contributed by atoms with Crippen LogP contribution in [0.5, 0.6) is 0 Å². The highest BCUT2D eigenvalue weighted by Crippen LogP contribution is 2.33. The van der Waals surface area contributed by atoms with E-state index in [9.17, 15) is 8.78 Å². The van der Waals surface area contributed by atoms with Gasteiger partial charge in [-0.15, -0.1) is 0 Å². The van der Waals surface area contributed by atoms with Crippen LogP contribution in [-0.2, 0) is 20.6 Å². The van der Waals surface area contributed by atoms with Crippen molar-refractivity contribution in [2.24, 2.45) is 5.92 Å². The van der Waals surface area contributed by atoms with Crippen LogP contribution in [0.3, 0.4) is 0 Å². The van der Waals surface area contributed by atoms with E-state index < -0.39 is 17.6 Å². The monoisotopic (exact) mass is 428 g/mol. The van der Waals surface area contributed by atoms with Crippen molar-refractivity contribution in [1.82, 2.24) is 0 Å². The zero-order chi connectivity index (χ0) is 22.2. The Balaban J connectivity index is 2.40. The first-order valence-corrected chi connectivity index (χ1v) is 11.6. The molecule has 0 aromatic heterocycles. The number of halogens is 2. The maximum absolute atomic E-state index is 13.3. The molecule has 0 N–H and O–H groups in total. The quantitative estimate of drug-likeness (QED) is 0.180. The highest BCUT2D eigenvalue weighted by Gasteiger charge is 2.39. The lowest BCUT2D eigenvalue weighted by atomic mass is 9.91. The summed E-state index contributed by atoms with van der Waals surface area (Å²) in [6, 6.07) is 3.76. The van der Waals surface area contributed by atoms with Crippen LogP contribution in [0.2, 0.25) is 0 Å². The Morgan fingerprint density at radius 1 is 0.700 bits per heavy atom. The molecular weight excluding hydrogens is 386 g/mol. The topological polar surface area (TPSA) is 27.7 Å². The smallest absolute Gasteiger partial charge is 0.285 e. The predicted octanol–water partition coefficient (Wildman–Crippen LogP) is 7.42. The van der Waals surface area contributed by atoms with Gasteiger partial charge in [0.2, 0.25) is 0 Å². The molecule has 1 atom stereocenters. The SMILES string of the molecule is CCCCCCCCC(CCCCCCc1cc(F)cc(F)c1)C(OC)(OC)OC. The molecule has 0 saturated carbocycles. The standard InChI is InChI=1S/C25H42F2O3/c1-5-6-7-8-9-13-16-22(25(28-2,29-3)30-4)17-14-11-10-12-15-21-18-23(26)20-24(27)19-21/h18-20,22H,5-17H2,1-4H3. The lowest BCUT2D eigenvalue weighted by molar-refractivity contribution is -0.380. The molecule has 0 amide bonds. The Kier molecular flexibility index (Phi) is 14.1. The summed E-state index contributed by atoms with van der Waals surface area (Å²) in [6.45, 7) is 2.23. The maximum Gasteiger partial charge on any atom is 0.285 e. The van der Waals surface area contributed by atoms with E-state index in [0.717, 1.165) is 56.6 Å². The summed E-state index contributed by atoms with van der Waals surface area (Å²) in [4.78, 5) is 0. The van der Waals surface area contributed by atoms with Crippen LogP contribution in [0.25, 0.3) is 0 Å². The fourth-order valence-electron chi connectivity index (χ4n) is 4.25. The Labute approximate surface area is 182 Å². The molecule has 30 heavy (non-hydrogen) atoms. The number of unbranched alkanes of at least 4 members (excludes halogenated alkanes) is 8. The molecule has 0 fully saturated rings. The van der Waals surface area contributed by atoms with Gasteiger partial charge < -0.3 is 14.2 Å². The molecule has 1 aromatic carbocycles. The summed E-state index contributed by atoms with van der Waals surface area (Å²) >= 11 is 0. The van der Waals surface area contributed by atoms with Gasteiger partial charge in [-0.1, -0.05) is 64.7 Å². The number of hydrogen-bond donors (Lipinski definition) is 0. The van der Waals surface area contributed by atoms with Crippen molar-refractivity contribution >= 4 is 0 Å². The van der Waals surface area contributed by atoms with Gasteiger partial charge in [-0.25, -0.2) is 8.78 Å². The lowest BCUT2D eigenvalue weighted by Gasteiger charge is -2.36. The first kappa shape index (κ1) is 27.0. The molecule has 1 unspecified atom stereocenters. The van der Waals surface area contributed by atoms with E-state index in [2.05, 4.69) is 6.92 Å². The van der Waals surface area contributed by atoms with E-state index in [1.165, 1.54) is 44.2 Å². The average molecular weight is 429 g/mol. The van der Waals surface area contributed by atoms with Crippen LogP contribution in [0.4, 0.5) is 8.78 Å². The van der Waals surface area contributed by atoms with Crippen molar-refractivity contribution in [3.8, 4) is 0 Å². The Morgan fingerprint density at radius 3 is 1.67 bits per heavy atom. The molecule has 0 radical (unpaired) electrons. The predicted molar refractivity (Wildman–Crippen MR) is 118 cm³/mol. The third kappa shape index (κ3) is 9.84. The van der Waals surface area contributed by atoms with E-state index >= 15 is 0 Å². The molecule has 0 aliphatic carbocycles. The van der Waals surface area contributed by atoms with E-state index in [0.29, 0.717) is 6.42 Å². The second-order valence-electron chi connectivity index (χ2n) is 8.20. The molecule has 0 saturated heterocycles. The van der Waals surface area contributed by atoms with Crippen molar-refractivity contribution in [3.05, 3.63) is 35.4 Å². The van der Waals surface area contributed by atoms with Gasteiger partial charge in [0.05, 0.1) is 0 Å². The minimum atomic E-state index is -0.984. The molecule has 3 nitrogen and oxygen atoms in total. The Morgan fingerprint density at radius 2 is 1.17 bits per heavy atom. The van der Waals surface area contributed by atoms with Crippen molar-refractivity contribution in [2.75, 3.05) is 21.3 Å². The zero-order valence-corrected chi connectivity index (χ0v) is 19.5. The highest BCUT2D eigenvalue weighted by molar-refractivity contribution is 5.17. The van der Waals surface area contributed by atoms with Crippen LogP contribution in [-0.4, -0.2) is 27.3 Å². The average Bonchev–Trinajstić information content (AvgIpc) is 2.73. The van der Waals surface area contributed by atoms with Gasteiger partial charge in [-0.3, -0.25) is 0 Å². The molecule has 0 aliphatic heterocycles. The van der Waals surface area contributed by atoms with E-state index in [-0.39, 0.29) is 5.92 Å². The van der Waals surface area contributed by atoms with Gasteiger partial charge in [-0.2, -0.15) is 0 Å². The molecule has 0 heterocycles. The molecular formula is C25H42F2O3. The zero-order valence-electron chi connectivity index (χ0n) is 19.5. The Hall–Kier alpha value is -1.04. The van der Waals surface area contributed by atoms with Crippen LogP contribution in [0.1, 0.15) is 89.5 Å². The fraction of sp³-hybridized carbons (Fsp3) is 0.760. The molecule has 0 aliphatic rings. The number of methoxy groups -OCH3 is 3. The fourth-order valence-corrected chi connectivity index (χ4v) is 4.25. The van der Waals surface area contributed by atoms with Crippen LogP contribution in [0.15, 0.2) is 18.2 Å². The minimum Gasteiger partial charge on any atom is -0.331 e. The first-order chi connectivity index (χ1) is 14.5. The van der Waals surface area contributed by atoms with Gasteiger partial charge >= 0.3 is 0 Å². The summed E-state index contributed by atoms with van der Waals surface area (Å²) in [5.41, 5.74) is 0.727. The summed E-state index contributed by atoms with van der Waals surface area (Å²) < 4.78 is 43.5. The molecule has 5 heteroatoms. The summed E-state index contributed by atoms with van der Waals surface area (Å²) in [5.74, 6) is -1.81. The van der Waals surface area contributed by atoms with Crippen molar-refractivity contribution in [3.63, 3.8) is 0 Å². The molecule has 174 valence electrons. The van der Waals surface area contributed by atoms with Crippen LogP contribution in [0, 0.1) is 17.6 Å². The summed E-state index contributed by atoms with van der Waals surface area (Å²) in [5, 5.41) is 0. The van der Waals surface area contributed by atoms with Gasteiger partial charge in [0.15, 0.2) is 0 Å². The van der Waals surface area contributed by atoms with Gasteiger partial charge in [-0.05, 0) is 43.4 Å². The number of rotatable bonds is 18. The van der Waals surface area contributed by atoms with E-state index in [1.807, 2.05) is 0 Å². The summed E-state index contributed by atoms with van der Waals surface area (Å²) in [7, 11) is 4.91. The van der Waals surface area contributed by atoms with Gasteiger partial charge in [0.1, 0.15) is 11.6 Å². The lowest BCUT2D eigenvalue weighted by Crippen LogP contribution is -2.44. The number of benzene rings is 1. The normalized spacial score (nSPS) is 13.0. The van der Waals surface area contributed by atoms with Crippen molar-refractivity contribution in [2.45, 2.75) is 96.4 Å². The Bertz CT molecular complexity index is 533. The third-order valence-corrected chi connectivity index (χ3v) is 5.95. The van der Waals surface area contributed by atoms with Crippen LogP contribution < -0.4 is 0 Å². The molecule has 1 rings (SSSR count). The third-order valence-electron chi connectivity index (χ3n) is 5.95. The van der Waals surface area contributed by atoms with Crippen LogP contribution >= 0.6 is 0 Å². The number of ether oxygens (including phenoxy) is 3. The summed E-state index contributed by atoms with van der Waals surface area (Å²) in [6.07, 6.45) is 14.3. The minimum absolute atomic E-state index is 0.181. The van der Waals surface area contributed by atoms with E-state index in [1.54, 1.807) is 21.3 Å². The molecule has 0 spiro atoms. The van der Waals surface area contributed by atoms with Gasteiger partial charge in [0, 0.05) is 33.3 Å². The molecule has 1 aromatic rings.